The Kier molecular flexibility index (Phi) is 59.3. The molecule has 0 spiro atoms. The second kappa shape index (κ2) is 60.6. The van der Waals surface area contributed by atoms with Crippen molar-refractivity contribution >= 4 is 17.9 Å². The molecule has 0 aromatic carbocycles. The van der Waals surface area contributed by atoms with Crippen LogP contribution in [0.5, 0.6) is 0 Å². The van der Waals surface area contributed by atoms with E-state index in [2.05, 4.69) is 34.6 Å². The molecule has 0 aromatic heterocycles. The highest BCUT2D eigenvalue weighted by Gasteiger charge is 2.20. The zero-order valence-electron chi connectivity index (χ0n) is 51.0. The Morgan fingerprint density at radius 2 is 0.514 bits per heavy atom. The van der Waals surface area contributed by atoms with Crippen LogP contribution < -0.4 is 0 Å². The third kappa shape index (κ3) is 59.7. The Labute approximate surface area is 463 Å². The van der Waals surface area contributed by atoms with Gasteiger partial charge in [-0.15, -0.1) is 0 Å². The fourth-order valence-electron chi connectivity index (χ4n) is 10.6. The Bertz CT molecular complexity index is 1140. The molecule has 6 heteroatoms. The van der Waals surface area contributed by atoms with Crippen LogP contribution in [0.25, 0.3) is 0 Å². The smallest absolute Gasteiger partial charge is 0.306 e. The average Bonchev–Trinajstić information content (AvgIpc) is 3.39. The van der Waals surface area contributed by atoms with Gasteiger partial charge >= 0.3 is 17.9 Å². The zero-order chi connectivity index (χ0) is 53.9. The van der Waals surface area contributed by atoms with Gasteiger partial charge in [0.25, 0.3) is 0 Å². The van der Waals surface area contributed by atoms with Gasteiger partial charge in [0, 0.05) is 19.3 Å². The van der Waals surface area contributed by atoms with Crippen LogP contribution >= 0.6 is 0 Å². The predicted octanol–water partition coefficient (Wildman–Crippen LogP) is 22.8. The maximum Gasteiger partial charge on any atom is 0.306 e. The van der Waals surface area contributed by atoms with Gasteiger partial charge in [0.1, 0.15) is 13.2 Å². The molecule has 0 rings (SSSR count). The molecule has 0 bridgehead atoms. The molecule has 0 aliphatic heterocycles. The molecule has 74 heavy (non-hydrogen) atoms. The molecule has 2 atom stereocenters. The third-order valence-corrected chi connectivity index (χ3v) is 16.1. The first-order valence-electron chi connectivity index (χ1n) is 33.8. The van der Waals surface area contributed by atoms with E-state index in [4.69, 9.17) is 14.2 Å². The molecular weight excluding hydrogens is 913 g/mol. The first-order chi connectivity index (χ1) is 36.3. The highest BCUT2D eigenvalue weighted by atomic mass is 16.6. The number of rotatable bonds is 62. The highest BCUT2D eigenvalue weighted by molar-refractivity contribution is 5.71. The Morgan fingerprint density at radius 3 is 0.770 bits per heavy atom. The van der Waals surface area contributed by atoms with Gasteiger partial charge in [-0.25, -0.2) is 0 Å². The molecule has 0 radical (unpaired) electrons. The molecule has 0 aliphatic rings. The summed E-state index contributed by atoms with van der Waals surface area (Å²) in [5.74, 6) is 0.927. The number of carbonyl (C=O) groups is 3. The standard InChI is InChI=1S/C68H132O6/c1-6-8-9-10-11-12-13-14-15-18-22-28-33-38-43-48-53-58-66(69)72-61-65(62-73-67(70)59-54-49-44-39-34-29-25-24-27-32-37-42-47-52-57-64(5)7-2)74-68(71)60-55-50-45-40-35-30-23-20-17-16-19-21-26-31-36-41-46-51-56-63(3)4/h63-65H,6-62H2,1-5H3/t64?,65-/m1/s1. The molecule has 0 heterocycles. The summed E-state index contributed by atoms with van der Waals surface area (Å²) in [6.45, 7) is 11.5. The number of hydrogen-bond acceptors (Lipinski definition) is 6. The third-order valence-electron chi connectivity index (χ3n) is 16.1. The molecule has 1 unspecified atom stereocenters. The van der Waals surface area contributed by atoms with E-state index >= 15 is 0 Å². The minimum atomic E-state index is -0.764. The second-order valence-corrected chi connectivity index (χ2v) is 24.2. The average molecular weight is 1050 g/mol. The van der Waals surface area contributed by atoms with E-state index in [0.717, 1.165) is 69.6 Å². The van der Waals surface area contributed by atoms with Crippen LogP contribution in [0.4, 0.5) is 0 Å². The van der Waals surface area contributed by atoms with Crippen molar-refractivity contribution in [2.45, 2.75) is 394 Å². The summed E-state index contributed by atoms with van der Waals surface area (Å²) in [5, 5.41) is 0. The summed E-state index contributed by atoms with van der Waals surface area (Å²) in [5.41, 5.74) is 0. The van der Waals surface area contributed by atoms with Crippen molar-refractivity contribution in [3.8, 4) is 0 Å². The van der Waals surface area contributed by atoms with Crippen LogP contribution in [0.2, 0.25) is 0 Å². The summed E-state index contributed by atoms with van der Waals surface area (Å²) in [4.78, 5) is 38.4. The lowest BCUT2D eigenvalue weighted by molar-refractivity contribution is -0.167. The van der Waals surface area contributed by atoms with Crippen molar-refractivity contribution in [1.82, 2.24) is 0 Å². The molecule has 0 aromatic rings. The van der Waals surface area contributed by atoms with E-state index < -0.39 is 6.10 Å². The largest absolute Gasteiger partial charge is 0.462 e. The van der Waals surface area contributed by atoms with Crippen molar-refractivity contribution in [3.05, 3.63) is 0 Å². The summed E-state index contributed by atoms with van der Waals surface area (Å²) >= 11 is 0. The van der Waals surface area contributed by atoms with Crippen LogP contribution in [-0.2, 0) is 28.6 Å². The van der Waals surface area contributed by atoms with Crippen molar-refractivity contribution in [2.24, 2.45) is 11.8 Å². The lowest BCUT2D eigenvalue weighted by Crippen LogP contribution is -2.30. The zero-order valence-corrected chi connectivity index (χ0v) is 51.0. The van der Waals surface area contributed by atoms with Gasteiger partial charge in [0.05, 0.1) is 0 Å². The molecule has 0 saturated carbocycles. The van der Waals surface area contributed by atoms with Crippen molar-refractivity contribution in [1.29, 1.82) is 0 Å². The summed E-state index contributed by atoms with van der Waals surface area (Å²) in [6.07, 6.45) is 68.2. The fourth-order valence-corrected chi connectivity index (χ4v) is 10.6. The maximum atomic E-state index is 12.9. The highest BCUT2D eigenvalue weighted by Crippen LogP contribution is 2.20. The molecular formula is C68H132O6. The molecule has 0 N–H and O–H groups in total. The second-order valence-electron chi connectivity index (χ2n) is 24.2. The first-order valence-corrected chi connectivity index (χ1v) is 33.8. The van der Waals surface area contributed by atoms with E-state index in [0.29, 0.717) is 19.3 Å². The van der Waals surface area contributed by atoms with Crippen molar-refractivity contribution in [3.63, 3.8) is 0 Å². The predicted molar refractivity (Wildman–Crippen MR) is 321 cm³/mol. The van der Waals surface area contributed by atoms with Crippen molar-refractivity contribution in [2.75, 3.05) is 13.2 Å². The molecule has 0 aliphatic carbocycles. The molecule has 440 valence electrons. The SMILES string of the molecule is CCCCCCCCCCCCCCCCCCCC(=O)OC[C@H](COC(=O)CCCCCCCCCCCCCCCCC(C)CC)OC(=O)CCCCCCCCCCCCCCCCCCCCC(C)C. The summed E-state index contributed by atoms with van der Waals surface area (Å²) < 4.78 is 17.0. The lowest BCUT2D eigenvalue weighted by Gasteiger charge is -2.18. The van der Waals surface area contributed by atoms with E-state index in [1.165, 1.54) is 276 Å². The van der Waals surface area contributed by atoms with Gasteiger partial charge in [-0.1, -0.05) is 349 Å². The van der Waals surface area contributed by atoms with Gasteiger partial charge < -0.3 is 14.2 Å². The van der Waals surface area contributed by atoms with E-state index in [1.807, 2.05) is 0 Å². The number of hydrogen-bond donors (Lipinski definition) is 0. The summed E-state index contributed by atoms with van der Waals surface area (Å²) in [6, 6.07) is 0. The van der Waals surface area contributed by atoms with Gasteiger partial charge in [-0.3, -0.25) is 14.4 Å². The number of ether oxygens (including phenoxy) is 3. The van der Waals surface area contributed by atoms with Gasteiger partial charge in [0.2, 0.25) is 0 Å². The minimum absolute atomic E-state index is 0.0614. The van der Waals surface area contributed by atoms with E-state index in [9.17, 15) is 14.4 Å². The van der Waals surface area contributed by atoms with E-state index in [-0.39, 0.29) is 31.1 Å². The van der Waals surface area contributed by atoms with Crippen molar-refractivity contribution < 1.29 is 28.6 Å². The Hall–Kier alpha value is -1.59. The Balaban J connectivity index is 4.28. The van der Waals surface area contributed by atoms with Crippen LogP contribution in [0, 0.1) is 11.8 Å². The van der Waals surface area contributed by atoms with Gasteiger partial charge in [-0.05, 0) is 31.1 Å². The minimum Gasteiger partial charge on any atom is -0.462 e. The number of unbranched alkanes of at least 4 members (excludes halogenated alkanes) is 46. The van der Waals surface area contributed by atoms with Crippen LogP contribution in [0.1, 0.15) is 388 Å². The van der Waals surface area contributed by atoms with Crippen LogP contribution in [0.15, 0.2) is 0 Å². The molecule has 0 fully saturated rings. The van der Waals surface area contributed by atoms with Crippen LogP contribution in [0.3, 0.4) is 0 Å². The number of esters is 3. The first kappa shape index (κ1) is 72.4. The van der Waals surface area contributed by atoms with Gasteiger partial charge in [-0.2, -0.15) is 0 Å². The molecule has 0 saturated heterocycles. The normalized spacial score (nSPS) is 12.4. The van der Waals surface area contributed by atoms with Crippen LogP contribution in [-0.4, -0.2) is 37.2 Å². The Morgan fingerprint density at radius 1 is 0.284 bits per heavy atom. The summed E-state index contributed by atoms with van der Waals surface area (Å²) in [7, 11) is 0. The topological polar surface area (TPSA) is 78.9 Å². The lowest BCUT2D eigenvalue weighted by atomic mass is 9.99. The molecule has 6 nitrogen and oxygen atoms in total. The van der Waals surface area contributed by atoms with E-state index in [1.54, 1.807) is 0 Å². The monoisotopic (exact) mass is 1050 g/mol. The maximum absolute atomic E-state index is 12.9. The van der Waals surface area contributed by atoms with Gasteiger partial charge in [0.15, 0.2) is 6.10 Å². The number of carbonyl (C=O) groups excluding carboxylic acids is 3. The fraction of sp³-hybridized carbons (Fsp3) is 0.956. The quantitative estimate of drug-likeness (QED) is 0.0343. The molecule has 0 amide bonds.